The van der Waals surface area contributed by atoms with E-state index in [4.69, 9.17) is 4.42 Å². The van der Waals surface area contributed by atoms with Crippen LogP contribution in [0.25, 0.3) is 28.4 Å². The lowest BCUT2D eigenvalue weighted by atomic mass is 10.1. The molecular weight excluding hydrogens is 492 g/mol. The highest BCUT2D eigenvalue weighted by Crippen LogP contribution is 2.35. The molecule has 1 heterocycles. The Hall–Kier alpha value is -3.39. The van der Waals surface area contributed by atoms with Crippen LogP contribution in [-0.4, -0.2) is 12.1 Å². The van der Waals surface area contributed by atoms with Gasteiger partial charge < -0.3 is 9.15 Å². The van der Waals surface area contributed by atoms with Gasteiger partial charge in [-0.25, -0.2) is 4.39 Å². The molecule has 0 saturated heterocycles. The summed E-state index contributed by atoms with van der Waals surface area (Å²) < 4.78 is 60.5. The van der Waals surface area contributed by atoms with Gasteiger partial charge in [0.1, 0.15) is 22.9 Å². The summed E-state index contributed by atoms with van der Waals surface area (Å²) in [5.41, 5.74) is 1.85. The molecule has 3 aromatic carbocycles. The molecule has 0 N–H and O–H groups in total. The van der Waals surface area contributed by atoms with Gasteiger partial charge >= 0.3 is 6.36 Å². The molecule has 0 fully saturated rings. The van der Waals surface area contributed by atoms with Gasteiger partial charge in [-0.3, -0.25) is 4.79 Å². The van der Waals surface area contributed by atoms with E-state index in [1.807, 2.05) is 0 Å². The molecule has 162 valence electrons. The maximum Gasteiger partial charge on any atom is 0.573 e. The quantitative estimate of drug-likeness (QED) is 0.158. The van der Waals surface area contributed by atoms with Gasteiger partial charge in [-0.15, -0.1) is 13.2 Å². The fraction of sp³-hybridized carbons (Fsp3) is 0.0417. The number of hydrogen-bond donors (Lipinski definition) is 0. The number of ketones is 1. The first-order valence-electron chi connectivity index (χ1n) is 9.26. The van der Waals surface area contributed by atoms with Crippen LogP contribution in [0.5, 0.6) is 5.75 Å². The van der Waals surface area contributed by atoms with Crippen molar-refractivity contribution < 1.29 is 31.5 Å². The van der Waals surface area contributed by atoms with Gasteiger partial charge in [0.25, 0.3) is 0 Å². The zero-order valence-electron chi connectivity index (χ0n) is 16.1. The summed E-state index contributed by atoms with van der Waals surface area (Å²) in [5, 5.41) is 0.678. The average molecular weight is 505 g/mol. The number of hydrogen-bond acceptors (Lipinski definition) is 3. The van der Waals surface area contributed by atoms with Crippen LogP contribution in [0.15, 0.2) is 81.7 Å². The van der Waals surface area contributed by atoms with Crippen LogP contribution in [0.2, 0.25) is 0 Å². The lowest BCUT2D eigenvalue weighted by Crippen LogP contribution is -2.16. The molecular formula is C24H13BrF4O3. The van der Waals surface area contributed by atoms with Crippen LogP contribution >= 0.6 is 15.9 Å². The van der Waals surface area contributed by atoms with Gasteiger partial charge in [0.15, 0.2) is 5.78 Å². The molecule has 0 unspecified atom stereocenters. The van der Waals surface area contributed by atoms with E-state index >= 15 is 0 Å². The molecule has 4 rings (SSSR count). The number of carbonyl (C=O) groups excluding carboxylic acids is 1. The zero-order chi connectivity index (χ0) is 22.9. The lowest BCUT2D eigenvalue weighted by Gasteiger charge is -2.08. The minimum atomic E-state index is -4.77. The predicted molar refractivity (Wildman–Crippen MR) is 116 cm³/mol. The third-order valence-corrected chi connectivity index (χ3v) is 5.26. The fourth-order valence-electron chi connectivity index (χ4n) is 3.08. The minimum absolute atomic E-state index is 0.310. The van der Waals surface area contributed by atoms with Crippen molar-refractivity contribution in [3.63, 3.8) is 0 Å². The van der Waals surface area contributed by atoms with Gasteiger partial charge in [-0.2, -0.15) is 0 Å². The van der Waals surface area contributed by atoms with E-state index < -0.39 is 6.36 Å². The Morgan fingerprint density at radius 1 is 0.969 bits per heavy atom. The number of rotatable bonds is 5. The number of furan rings is 1. The van der Waals surface area contributed by atoms with Crippen molar-refractivity contribution in [2.45, 2.75) is 6.36 Å². The number of halogens is 5. The maximum absolute atomic E-state index is 13.2. The number of allylic oxidation sites excluding steroid dienone is 1. The van der Waals surface area contributed by atoms with Crippen molar-refractivity contribution >= 4 is 38.8 Å². The number of fused-ring (bicyclic) bond motifs is 1. The molecule has 0 aliphatic rings. The molecule has 0 aliphatic carbocycles. The first kappa shape index (κ1) is 21.8. The Bertz CT molecular complexity index is 1300. The van der Waals surface area contributed by atoms with Crippen LogP contribution < -0.4 is 4.74 Å². The normalized spacial score (nSPS) is 11.9. The summed E-state index contributed by atoms with van der Waals surface area (Å²) in [6.07, 6.45) is -1.98. The van der Waals surface area contributed by atoms with Crippen molar-refractivity contribution in [3.05, 3.63) is 94.2 Å². The third-order valence-electron chi connectivity index (χ3n) is 4.57. The molecule has 0 aliphatic heterocycles. The van der Waals surface area contributed by atoms with Gasteiger partial charge in [-0.05, 0) is 66.2 Å². The Labute approximate surface area is 188 Å². The van der Waals surface area contributed by atoms with Crippen molar-refractivity contribution in [1.82, 2.24) is 0 Å². The predicted octanol–water partition coefficient (Wildman–Crippen LogP) is 7.80. The van der Waals surface area contributed by atoms with Gasteiger partial charge in [0, 0.05) is 15.4 Å². The van der Waals surface area contributed by atoms with E-state index in [0.29, 0.717) is 33.4 Å². The van der Waals surface area contributed by atoms with E-state index in [2.05, 4.69) is 20.7 Å². The molecule has 3 nitrogen and oxygen atoms in total. The van der Waals surface area contributed by atoms with Gasteiger partial charge in [0.05, 0.1) is 5.56 Å². The topological polar surface area (TPSA) is 39.4 Å². The largest absolute Gasteiger partial charge is 0.573 e. The first-order valence-corrected chi connectivity index (χ1v) is 10.0. The van der Waals surface area contributed by atoms with Crippen molar-refractivity contribution in [3.8, 4) is 17.1 Å². The number of ether oxygens (including phenoxy) is 1. The molecule has 4 aromatic rings. The second kappa shape index (κ2) is 8.63. The second-order valence-corrected chi connectivity index (χ2v) is 7.62. The number of benzene rings is 3. The van der Waals surface area contributed by atoms with Crippen molar-refractivity contribution in [2.75, 3.05) is 0 Å². The highest BCUT2D eigenvalue weighted by molar-refractivity contribution is 9.10. The lowest BCUT2D eigenvalue weighted by molar-refractivity contribution is -0.274. The van der Waals surface area contributed by atoms with Crippen LogP contribution in [0.1, 0.15) is 15.9 Å². The fourth-order valence-corrected chi connectivity index (χ4v) is 3.51. The molecule has 1 aromatic heterocycles. The van der Waals surface area contributed by atoms with E-state index in [9.17, 15) is 22.4 Å². The number of carbonyl (C=O) groups is 1. The molecule has 0 radical (unpaired) electrons. The van der Waals surface area contributed by atoms with Crippen LogP contribution in [0.3, 0.4) is 0 Å². The summed E-state index contributed by atoms with van der Waals surface area (Å²) in [6.45, 7) is 0. The summed E-state index contributed by atoms with van der Waals surface area (Å²) in [4.78, 5) is 12.8. The third kappa shape index (κ3) is 4.91. The van der Waals surface area contributed by atoms with E-state index in [1.54, 1.807) is 30.3 Å². The monoisotopic (exact) mass is 504 g/mol. The van der Waals surface area contributed by atoms with Crippen molar-refractivity contribution in [1.29, 1.82) is 0 Å². The van der Waals surface area contributed by atoms with E-state index in [-0.39, 0.29) is 17.3 Å². The van der Waals surface area contributed by atoms with Crippen LogP contribution in [0.4, 0.5) is 17.6 Å². The Morgan fingerprint density at radius 2 is 1.66 bits per heavy atom. The Balaban J connectivity index is 1.61. The van der Waals surface area contributed by atoms with Gasteiger partial charge in [-0.1, -0.05) is 34.1 Å². The summed E-state index contributed by atoms with van der Waals surface area (Å²) >= 11 is 3.44. The number of alkyl halides is 3. The molecule has 32 heavy (non-hydrogen) atoms. The SMILES string of the molecule is O=C(/C=C\c1ccc(OC(F)(F)F)cc1)c1ccc(Br)c2cc(-c3ccc(F)cc3)oc12. The maximum atomic E-state index is 13.2. The molecule has 0 spiro atoms. The standard InChI is InChI=1S/C24H13BrF4O3/c25-20-11-10-18(23-19(20)13-22(31-23)15-4-6-16(26)7-5-15)21(30)12-3-14-1-8-17(9-2-14)32-24(27,28)29/h1-13H/b12-3-. The zero-order valence-corrected chi connectivity index (χ0v) is 17.7. The summed E-state index contributed by atoms with van der Waals surface area (Å²) in [5.74, 6) is -0.590. The minimum Gasteiger partial charge on any atom is -0.455 e. The first-order chi connectivity index (χ1) is 15.2. The molecule has 0 bridgehead atoms. The highest BCUT2D eigenvalue weighted by Gasteiger charge is 2.30. The Kier molecular flexibility index (Phi) is 5.88. The summed E-state index contributed by atoms with van der Waals surface area (Å²) in [6, 6.07) is 16.0. The van der Waals surface area contributed by atoms with Gasteiger partial charge in [0.2, 0.25) is 0 Å². The smallest absolute Gasteiger partial charge is 0.455 e. The molecule has 0 atom stereocenters. The second-order valence-electron chi connectivity index (χ2n) is 6.77. The molecule has 0 saturated carbocycles. The van der Waals surface area contributed by atoms with Crippen LogP contribution in [-0.2, 0) is 0 Å². The van der Waals surface area contributed by atoms with Crippen molar-refractivity contribution in [2.24, 2.45) is 0 Å². The molecule has 8 heteroatoms. The average Bonchev–Trinajstić information content (AvgIpc) is 3.19. The highest BCUT2D eigenvalue weighted by atomic mass is 79.9. The Morgan fingerprint density at radius 3 is 2.31 bits per heavy atom. The summed E-state index contributed by atoms with van der Waals surface area (Å²) in [7, 11) is 0. The van der Waals surface area contributed by atoms with E-state index in [0.717, 1.165) is 16.6 Å². The van der Waals surface area contributed by atoms with Crippen LogP contribution in [0, 0.1) is 5.82 Å². The van der Waals surface area contributed by atoms with E-state index in [1.165, 1.54) is 36.4 Å². The molecule has 0 amide bonds.